The van der Waals surface area contributed by atoms with Crippen molar-refractivity contribution < 1.29 is 9.32 Å². The maximum atomic E-state index is 12.5. The van der Waals surface area contributed by atoms with Gasteiger partial charge in [-0.1, -0.05) is 64.8 Å². The van der Waals surface area contributed by atoms with Crippen LogP contribution in [0.15, 0.2) is 53.1 Å². The lowest BCUT2D eigenvalue weighted by atomic mass is 9.96. The Morgan fingerprint density at radius 2 is 1.94 bits per heavy atom. The van der Waals surface area contributed by atoms with Gasteiger partial charge in [0, 0.05) is 34.6 Å². The van der Waals surface area contributed by atoms with Gasteiger partial charge in [-0.05, 0) is 44.5 Å². The quantitative estimate of drug-likeness (QED) is 0.433. The van der Waals surface area contributed by atoms with Crippen LogP contribution in [0.2, 0.25) is 5.02 Å². The average molecular weight is 485 g/mol. The van der Waals surface area contributed by atoms with Crippen molar-refractivity contribution in [2.24, 2.45) is 5.92 Å². The molecule has 6 nitrogen and oxygen atoms in total. The number of hydrogen-bond donors (Lipinski definition) is 1. The van der Waals surface area contributed by atoms with Crippen molar-refractivity contribution in [1.29, 1.82) is 0 Å². The first kappa shape index (κ1) is 23.8. The summed E-state index contributed by atoms with van der Waals surface area (Å²) in [7, 11) is 0. The zero-order valence-electron chi connectivity index (χ0n) is 18.8. The number of likely N-dealkylation sites (tertiary alicyclic amines) is 1. The molecule has 0 aliphatic carbocycles. The first-order valence-electron chi connectivity index (χ1n) is 11.3. The van der Waals surface area contributed by atoms with Crippen LogP contribution in [0, 0.1) is 12.8 Å². The van der Waals surface area contributed by atoms with Crippen molar-refractivity contribution in [1.82, 2.24) is 20.4 Å². The highest BCUT2D eigenvalue weighted by molar-refractivity contribution is 7.98. The fraction of sp³-hybridized carbons (Fsp3) is 0.400. The first-order chi connectivity index (χ1) is 16.1. The van der Waals surface area contributed by atoms with Crippen LogP contribution in [0.4, 0.5) is 0 Å². The summed E-state index contributed by atoms with van der Waals surface area (Å²) in [5.41, 5.74) is 3.29. The summed E-state index contributed by atoms with van der Waals surface area (Å²) in [6.07, 6.45) is 1.69. The molecule has 2 heterocycles. The second-order valence-corrected chi connectivity index (χ2v) is 9.88. The second-order valence-electron chi connectivity index (χ2n) is 8.36. The van der Waals surface area contributed by atoms with Crippen LogP contribution in [0.1, 0.15) is 29.9 Å². The molecule has 0 unspecified atom stereocenters. The Kier molecular flexibility index (Phi) is 8.42. The monoisotopic (exact) mass is 484 g/mol. The first-order valence-corrected chi connectivity index (χ1v) is 12.8. The van der Waals surface area contributed by atoms with E-state index in [9.17, 15) is 4.79 Å². The van der Waals surface area contributed by atoms with Crippen LogP contribution in [-0.2, 0) is 17.1 Å². The molecule has 1 aliphatic rings. The van der Waals surface area contributed by atoms with Gasteiger partial charge in [0.1, 0.15) is 0 Å². The highest BCUT2D eigenvalue weighted by atomic mass is 35.5. The molecule has 0 bridgehead atoms. The number of benzene rings is 2. The van der Waals surface area contributed by atoms with Gasteiger partial charge in [0.05, 0.1) is 6.54 Å². The third kappa shape index (κ3) is 6.82. The van der Waals surface area contributed by atoms with Crippen molar-refractivity contribution in [3.8, 4) is 11.4 Å². The zero-order valence-corrected chi connectivity index (χ0v) is 20.4. The Balaban J connectivity index is 1.14. The minimum Gasteiger partial charge on any atom is -0.355 e. The Hall–Kier alpha value is -2.35. The number of carbonyl (C=O) groups excluding carboxylic acids is 1. The normalized spacial score (nSPS) is 15.0. The summed E-state index contributed by atoms with van der Waals surface area (Å²) in [5, 5.41) is 8.00. The molecule has 3 aromatic rings. The molecule has 4 rings (SSSR count). The van der Waals surface area contributed by atoms with Crippen LogP contribution in [0.5, 0.6) is 0 Å². The summed E-state index contributed by atoms with van der Waals surface area (Å²) in [5.74, 6) is 3.19. The molecule has 1 saturated heterocycles. The SMILES string of the molecule is Cc1ccc(-c2noc(CN3CCC(C(=O)NCCSCc4ccccc4Cl)CC3)n2)cc1. The third-order valence-corrected chi connectivity index (χ3v) is 7.23. The smallest absolute Gasteiger partial charge is 0.241 e. The van der Waals surface area contributed by atoms with E-state index in [2.05, 4.69) is 27.3 Å². The topological polar surface area (TPSA) is 71.3 Å². The number of amides is 1. The maximum Gasteiger partial charge on any atom is 0.241 e. The van der Waals surface area contributed by atoms with E-state index < -0.39 is 0 Å². The molecule has 0 radical (unpaired) electrons. The minimum atomic E-state index is 0.0700. The molecular formula is C25H29ClN4O2S. The molecule has 174 valence electrons. The number of piperidine rings is 1. The van der Waals surface area contributed by atoms with Gasteiger partial charge in [-0.2, -0.15) is 16.7 Å². The molecule has 8 heteroatoms. The molecule has 1 amide bonds. The Morgan fingerprint density at radius 1 is 1.18 bits per heavy atom. The van der Waals surface area contributed by atoms with Gasteiger partial charge in [0.25, 0.3) is 0 Å². The minimum absolute atomic E-state index is 0.0700. The molecule has 0 atom stereocenters. The molecule has 0 spiro atoms. The third-order valence-electron chi connectivity index (χ3n) is 5.86. The average Bonchev–Trinajstić information content (AvgIpc) is 3.29. The van der Waals surface area contributed by atoms with Crippen LogP contribution in [0.25, 0.3) is 11.4 Å². The van der Waals surface area contributed by atoms with E-state index in [-0.39, 0.29) is 11.8 Å². The van der Waals surface area contributed by atoms with Crippen LogP contribution >= 0.6 is 23.4 Å². The Labute approximate surface area is 204 Å². The van der Waals surface area contributed by atoms with E-state index in [4.69, 9.17) is 16.1 Å². The van der Waals surface area contributed by atoms with Crippen molar-refractivity contribution in [2.75, 3.05) is 25.4 Å². The number of aromatic nitrogens is 2. The number of carbonyl (C=O) groups is 1. The van der Waals surface area contributed by atoms with Crippen LogP contribution in [-0.4, -0.2) is 46.3 Å². The van der Waals surface area contributed by atoms with Crippen LogP contribution in [0.3, 0.4) is 0 Å². The van der Waals surface area contributed by atoms with Crippen molar-refractivity contribution in [2.45, 2.75) is 32.1 Å². The van der Waals surface area contributed by atoms with Crippen molar-refractivity contribution in [3.63, 3.8) is 0 Å². The van der Waals surface area contributed by atoms with Gasteiger partial charge >= 0.3 is 0 Å². The highest BCUT2D eigenvalue weighted by Gasteiger charge is 2.25. The summed E-state index contributed by atoms with van der Waals surface area (Å²) in [6, 6.07) is 16.0. The fourth-order valence-electron chi connectivity index (χ4n) is 3.87. The number of aryl methyl sites for hydroxylation is 1. The number of rotatable bonds is 9. The number of hydrogen-bond acceptors (Lipinski definition) is 6. The van der Waals surface area contributed by atoms with Crippen molar-refractivity contribution in [3.05, 3.63) is 70.6 Å². The number of nitrogens with one attached hydrogen (secondary N) is 1. The summed E-state index contributed by atoms with van der Waals surface area (Å²) < 4.78 is 5.45. The maximum absolute atomic E-state index is 12.5. The molecule has 1 N–H and O–H groups in total. The molecular weight excluding hydrogens is 456 g/mol. The number of halogens is 1. The van der Waals surface area contributed by atoms with Gasteiger partial charge in [0.15, 0.2) is 0 Å². The molecule has 33 heavy (non-hydrogen) atoms. The van der Waals surface area contributed by atoms with Crippen molar-refractivity contribution >= 4 is 29.3 Å². The van der Waals surface area contributed by atoms with Gasteiger partial charge in [-0.3, -0.25) is 9.69 Å². The number of nitrogens with zero attached hydrogens (tertiary/aromatic N) is 3. The van der Waals surface area contributed by atoms with E-state index in [1.165, 1.54) is 5.56 Å². The summed E-state index contributed by atoms with van der Waals surface area (Å²) in [6.45, 7) is 5.05. The van der Waals surface area contributed by atoms with E-state index in [0.29, 0.717) is 24.8 Å². The Morgan fingerprint density at radius 3 is 2.70 bits per heavy atom. The molecule has 1 aromatic heterocycles. The number of thioether (sulfide) groups is 1. The van der Waals surface area contributed by atoms with Gasteiger partial charge in [-0.25, -0.2) is 0 Å². The fourth-order valence-corrected chi connectivity index (χ4v) is 5.02. The lowest BCUT2D eigenvalue weighted by molar-refractivity contribution is -0.126. The molecule has 1 fully saturated rings. The second kappa shape index (κ2) is 11.7. The van der Waals surface area contributed by atoms with Gasteiger partial charge in [0.2, 0.25) is 17.6 Å². The van der Waals surface area contributed by atoms with E-state index in [0.717, 1.165) is 53.6 Å². The van der Waals surface area contributed by atoms with E-state index in [1.54, 1.807) is 11.8 Å². The highest BCUT2D eigenvalue weighted by Crippen LogP contribution is 2.22. The molecule has 2 aromatic carbocycles. The van der Waals surface area contributed by atoms with E-state index in [1.807, 2.05) is 48.5 Å². The largest absolute Gasteiger partial charge is 0.355 e. The predicted molar refractivity (Wildman–Crippen MR) is 133 cm³/mol. The Bertz CT molecular complexity index is 1050. The standard InChI is InChI=1S/C25H29ClN4O2S/c1-18-6-8-19(9-7-18)24-28-23(32-29-24)16-30-13-10-20(11-14-30)25(31)27-12-15-33-17-21-4-2-3-5-22(21)26/h2-9,20H,10-17H2,1H3,(H,27,31). The zero-order chi connectivity index (χ0) is 23.0. The van der Waals surface area contributed by atoms with Crippen LogP contribution < -0.4 is 5.32 Å². The van der Waals surface area contributed by atoms with E-state index >= 15 is 0 Å². The predicted octanol–water partition coefficient (Wildman–Crippen LogP) is 4.96. The molecule has 0 saturated carbocycles. The lowest BCUT2D eigenvalue weighted by Gasteiger charge is -2.30. The van der Waals surface area contributed by atoms with Gasteiger partial charge in [-0.15, -0.1) is 0 Å². The summed E-state index contributed by atoms with van der Waals surface area (Å²) >= 11 is 7.97. The van der Waals surface area contributed by atoms with Gasteiger partial charge < -0.3 is 9.84 Å². The lowest BCUT2D eigenvalue weighted by Crippen LogP contribution is -2.40. The summed E-state index contributed by atoms with van der Waals surface area (Å²) in [4.78, 5) is 19.3. The molecule has 1 aliphatic heterocycles.